The van der Waals surface area contributed by atoms with Crippen molar-refractivity contribution >= 4 is 21.7 Å². The number of benzene rings is 1. The second kappa shape index (κ2) is 9.52. The molecule has 1 aromatic carbocycles. The second-order valence-electron chi connectivity index (χ2n) is 11.1. The third kappa shape index (κ3) is 5.02. The van der Waals surface area contributed by atoms with Crippen molar-refractivity contribution in [3.05, 3.63) is 29.8 Å². The molecule has 2 aliphatic heterocycles. The Bertz CT molecular complexity index is 1260. The second-order valence-corrected chi connectivity index (χ2v) is 13.3. The average Bonchev–Trinajstić information content (AvgIpc) is 3.81. The molecular weight excluding hydrogens is 521 g/mol. The molecule has 12 heteroatoms. The number of piperidine rings is 1. The Morgan fingerprint density at radius 2 is 1.79 bits per heavy atom. The van der Waals surface area contributed by atoms with Crippen LogP contribution in [0.3, 0.4) is 0 Å². The molecule has 8 nitrogen and oxygen atoms in total. The summed E-state index contributed by atoms with van der Waals surface area (Å²) in [7, 11) is -4.23. The number of rotatable bonds is 7. The first kappa shape index (κ1) is 26.9. The van der Waals surface area contributed by atoms with Gasteiger partial charge in [-0.2, -0.15) is 18.4 Å². The third-order valence-electron chi connectivity index (χ3n) is 8.41. The first-order valence-corrected chi connectivity index (χ1v) is 14.6. The topological polar surface area (TPSA) is 111 Å². The average molecular weight is 553 g/mol. The van der Waals surface area contributed by atoms with Crippen LogP contribution in [-0.4, -0.2) is 72.0 Å². The lowest BCUT2D eigenvalue weighted by Crippen LogP contribution is -2.54. The lowest BCUT2D eigenvalue weighted by molar-refractivity contribution is -0.141. The normalized spacial score (nSPS) is 26.4. The standard InChI is InChI=1S/C26H31F3N4O4S/c27-26(28,29)18-5-4-6-20(13-18)38(36,37)21-14-19(15-22(34)31-24(17-30)7-8-24)33(16-21)23(35)25(9-10-25)32-11-2-1-3-12-32/h4-6,13,19,21H,1-3,7-12,14-16H2,(H,31,34)/t19-,21-/m1/s1. The fourth-order valence-electron chi connectivity index (χ4n) is 5.88. The third-order valence-corrected chi connectivity index (χ3v) is 10.5. The Morgan fingerprint density at radius 3 is 2.37 bits per heavy atom. The molecule has 2 saturated heterocycles. The number of nitrogens with zero attached hydrogens (tertiary/aromatic N) is 3. The van der Waals surface area contributed by atoms with Gasteiger partial charge in [0.15, 0.2) is 9.84 Å². The van der Waals surface area contributed by atoms with Crippen molar-refractivity contribution in [1.29, 1.82) is 5.26 Å². The van der Waals surface area contributed by atoms with Gasteiger partial charge >= 0.3 is 6.18 Å². The largest absolute Gasteiger partial charge is 0.416 e. The number of sulfone groups is 1. The van der Waals surface area contributed by atoms with Gasteiger partial charge < -0.3 is 10.2 Å². The molecule has 2 atom stereocenters. The summed E-state index contributed by atoms with van der Waals surface area (Å²) in [5, 5.41) is 10.9. The summed E-state index contributed by atoms with van der Waals surface area (Å²) in [4.78, 5) is 30.0. The number of carbonyl (C=O) groups is 2. The van der Waals surface area contributed by atoms with E-state index in [4.69, 9.17) is 0 Å². The van der Waals surface area contributed by atoms with E-state index < -0.39 is 54.7 Å². The highest BCUT2D eigenvalue weighted by Crippen LogP contribution is 2.46. The van der Waals surface area contributed by atoms with Crippen LogP contribution in [0.15, 0.2) is 29.2 Å². The molecule has 0 radical (unpaired) electrons. The molecule has 4 aliphatic rings. The molecule has 0 aromatic heterocycles. The van der Waals surface area contributed by atoms with Crippen molar-refractivity contribution in [2.75, 3.05) is 19.6 Å². The van der Waals surface area contributed by atoms with Crippen molar-refractivity contribution in [3.8, 4) is 6.07 Å². The van der Waals surface area contributed by atoms with Crippen LogP contribution in [0.2, 0.25) is 0 Å². The number of nitriles is 1. The SMILES string of the molecule is N#CC1(NC(=O)C[C@H]2C[C@@H](S(=O)(=O)c3cccc(C(F)(F)F)c3)CN2C(=O)C2(N3CCCCC3)CC2)CC1. The number of hydrogen-bond donors (Lipinski definition) is 1. The minimum Gasteiger partial charge on any atom is -0.338 e. The number of amides is 2. The maximum Gasteiger partial charge on any atom is 0.416 e. The van der Waals surface area contributed by atoms with Crippen LogP contribution in [0.5, 0.6) is 0 Å². The Labute approximate surface area is 220 Å². The van der Waals surface area contributed by atoms with Gasteiger partial charge in [0.25, 0.3) is 0 Å². The molecule has 5 rings (SSSR count). The van der Waals surface area contributed by atoms with E-state index in [1.807, 2.05) is 0 Å². The molecule has 0 bridgehead atoms. The Hall–Kier alpha value is -2.65. The monoisotopic (exact) mass is 552 g/mol. The summed E-state index contributed by atoms with van der Waals surface area (Å²) in [6.07, 6.45) is 0.496. The summed E-state index contributed by atoms with van der Waals surface area (Å²) in [5.41, 5.74) is -2.66. The highest BCUT2D eigenvalue weighted by atomic mass is 32.2. The van der Waals surface area contributed by atoms with Crippen molar-refractivity contribution in [1.82, 2.24) is 15.1 Å². The maximum absolute atomic E-state index is 13.9. The molecule has 2 amide bonds. The predicted molar refractivity (Wildman–Crippen MR) is 130 cm³/mol. The van der Waals surface area contributed by atoms with Crippen molar-refractivity contribution in [2.24, 2.45) is 0 Å². The van der Waals surface area contributed by atoms with Gasteiger partial charge in [-0.1, -0.05) is 12.5 Å². The zero-order valence-electron chi connectivity index (χ0n) is 21.0. The summed E-state index contributed by atoms with van der Waals surface area (Å²) >= 11 is 0. The fraction of sp³-hybridized carbons (Fsp3) is 0.654. The molecule has 4 fully saturated rings. The molecule has 2 heterocycles. The highest BCUT2D eigenvalue weighted by Gasteiger charge is 2.58. The van der Waals surface area contributed by atoms with E-state index in [9.17, 15) is 36.4 Å². The first-order chi connectivity index (χ1) is 17.9. The van der Waals surface area contributed by atoms with Crippen molar-refractivity contribution in [2.45, 2.75) is 91.2 Å². The lowest BCUT2D eigenvalue weighted by Gasteiger charge is -2.37. The minimum absolute atomic E-state index is 0.0621. The molecule has 0 unspecified atom stereocenters. The number of alkyl halides is 3. The van der Waals surface area contributed by atoms with Crippen LogP contribution < -0.4 is 5.32 Å². The van der Waals surface area contributed by atoms with Gasteiger partial charge in [0.05, 0.1) is 21.8 Å². The molecule has 1 N–H and O–H groups in total. The van der Waals surface area contributed by atoms with E-state index in [1.54, 1.807) is 0 Å². The van der Waals surface area contributed by atoms with E-state index in [0.29, 0.717) is 31.7 Å². The van der Waals surface area contributed by atoms with Gasteiger partial charge in [-0.15, -0.1) is 0 Å². The highest BCUT2D eigenvalue weighted by molar-refractivity contribution is 7.92. The van der Waals surface area contributed by atoms with Crippen molar-refractivity contribution in [3.63, 3.8) is 0 Å². The summed E-state index contributed by atoms with van der Waals surface area (Å²) in [6.45, 7) is 1.37. The van der Waals surface area contributed by atoms with E-state index in [0.717, 1.165) is 50.6 Å². The van der Waals surface area contributed by atoms with Gasteiger partial charge in [-0.05, 0) is 76.2 Å². The Kier molecular flexibility index (Phi) is 6.75. The Morgan fingerprint density at radius 1 is 1.11 bits per heavy atom. The molecule has 2 aliphatic carbocycles. The summed E-state index contributed by atoms with van der Waals surface area (Å²) < 4.78 is 66.8. The van der Waals surface area contributed by atoms with E-state index in [1.165, 1.54) is 4.90 Å². The van der Waals surface area contributed by atoms with Crippen LogP contribution in [0.25, 0.3) is 0 Å². The number of halogens is 3. The number of carbonyl (C=O) groups excluding carboxylic acids is 2. The van der Waals surface area contributed by atoms with E-state index >= 15 is 0 Å². The molecule has 38 heavy (non-hydrogen) atoms. The molecule has 0 spiro atoms. The van der Waals surface area contributed by atoms with Gasteiger partial charge in [0, 0.05) is 19.0 Å². The van der Waals surface area contributed by atoms with Crippen LogP contribution in [-0.2, 0) is 25.6 Å². The maximum atomic E-state index is 13.9. The van der Waals surface area contributed by atoms with Gasteiger partial charge in [-0.25, -0.2) is 8.42 Å². The van der Waals surface area contributed by atoms with E-state index in [-0.39, 0.29) is 25.3 Å². The summed E-state index contributed by atoms with van der Waals surface area (Å²) in [5.74, 6) is -0.646. The lowest BCUT2D eigenvalue weighted by atomic mass is 10.0. The van der Waals surface area contributed by atoms with Crippen LogP contribution in [0, 0.1) is 11.3 Å². The predicted octanol–water partition coefficient (Wildman–Crippen LogP) is 3.03. The molecule has 2 saturated carbocycles. The first-order valence-electron chi connectivity index (χ1n) is 13.1. The smallest absolute Gasteiger partial charge is 0.338 e. The molecule has 206 valence electrons. The zero-order chi connectivity index (χ0) is 27.3. The molecule has 1 aromatic rings. The number of likely N-dealkylation sites (tertiary alicyclic amines) is 2. The van der Waals surface area contributed by atoms with E-state index in [2.05, 4.69) is 16.3 Å². The zero-order valence-corrected chi connectivity index (χ0v) is 21.8. The van der Waals surface area contributed by atoms with Gasteiger partial charge in [0.2, 0.25) is 11.8 Å². The number of hydrogen-bond acceptors (Lipinski definition) is 6. The minimum atomic E-state index is -4.70. The van der Waals surface area contributed by atoms with Crippen molar-refractivity contribution < 1.29 is 31.2 Å². The van der Waals surface area contributed by atoms with Crippen LogP contribution in [0.1, 0.15) is 63.4 Å². The van der Waals surface area contributed by atoms with Gasteiger partial charge in [0.1, 0.15) is 11.1 Å². The van der Waals surface area contributed by atoms with Crippen LogP contribution in [0.4, 0.5) is 13.2 Å². The van der Waals surface area contributed by atoms with Crippen LogP contribution >= 0.6 is 0 Å². The van der Waals surface area contributed by atoms with Gasteiger partial charge in [-0.3, -0.25) is 14.5 Å². The summed E-state index contributed by atoms with van der Waals surface area (Å²) in [6, 6.07) is 4.99. The molecular formula is C26H31F3N4O4S. The fourth-order valence-corrected chi connectivity index (χ4v) is 7.65. The Balaban J connectivity index is 1.40. The number of nitrogens with one attached hydrogen (secondary N) is 1. The quantitative estimate of drug-likeness (QED) is 0.557.